The van der Waals surface area contributed by atoms with E-state index in [-0.39, 0.29) is 6.54 Å². The van der Waals surface area contributed by atoms with Crippen LogP contribution in [-0.4, -0.2) is 25.6 Å². The average Bonchev–Trinajstić information content (AvgIpc) is 2.88. The molecule has 0 fully saturated rings. The standard InChI is InChI=1S/C15H15N3O2/c1-9-15(11-5-3-4-6-12(11)16-9)13-7-18(8-14(19)20)10(2)17-13/h3-7,16H,8H2,1-2H3,(H,19,20). The number of aliphatic carboxylic acids is 1. The highest BCUT2D eigenvalue weighted by atomic mass is 16.4. The minimum absolute atomic E-state index is 0.0692. The van der Waals surface area contributed by atoms with Crippen molar-refractivity contribution < 1.29 is 9.90 Å². The number of H-pyrrole nitrogens is 1. The number of nitrogens with zero attached hydrogens (tertiary/aromatic N) is 2. The molecule has 0 saturated heterocycles. The topological polar surface area (TPSA) is 70.9 Å². The van der Waals surface area contributed by atoms with Crippen molar-refractivity contribution in [3.8, 4) is 11.3 Å². The summed E-state index contributed by atoms with van der Waals surface area (Å²) in [7, 11) is 0. The lowest BCUT2D eigenvalue weighted by molar-refractivity contribution is -0.137. The average molecular weight is 269 g/mol. The van der Waals surface area contributed by atoms with Crippen LogP contribution in [0.4, 0.5) is 0 Å². The second-order valence-electron chi connectivity index (χ2n) is 4.87. The van der Waals surface area contributed by atoms with Crippen molar-refractivity contribution in [1.29, 1.82) is 0 Å². The first-order chi connectivity index (χ1) is 9.56. The molecule has 102 valence electrons. The molecule has 0 unspecified atom stereocenters. The highest BCUT2D eigenvalue weighted by Gasteiger charge is 2.15. The van der Waals surface area contributed by atoms with E-state index < -0.39 is 5.97 Å². The number of aryl methyl sites for hydroxylation is 2. The number of para-hydroxylation sites is 1. The molecular formula is C15H15N3O2. The summed E-state index contributed by atoms with van der Waals surface area (Å²) in [4.78, 5) is 18.7. The third-order valence-electron chi connectivity index (χ3n) is 3.43. The molecule has 2 aromatic heterocycles. The number of rotatable bonds is 3. The number of carbonyl (C=O) groups is 1. The summed E-state index contributed by atoms with van der Waals surface area (Å²) in [5.41, 5.74) is 3.93. The maximum absolute atomic E-state index is 10.8. The minimum Gasteiger partial charge on any atom is -0.480 e. The molecule has 0 amide bonds. The Bertz CT molecular complexity index is 799. The van der Waals surface area contributed by atoms with Crippen molar-refractivity contribution in [1.82, 2.24) is 14.5 Å². The van der Waals surface area contributed by atoms with E-state index in [2.05, 4.69) is 9.97 Å². The van der Waals surface area contributed by atoms with Gasteiger partial charge in [-0.3, -0.25) is 4.79 Å². The molecule has 2 heterocycles. The Morgan fingerprint density at radius 3 is 2.85 bits per heavy atom. The number of aromatic amines is 1. The molecule has 0 aliphatic heterocycles. The molecule has 20 heavy (non-hydrogen) atoms. The zero-order valence-electron chi connectivity index (χ0n) is 11.3. The van der Waals surface area contributed by atoms with Gasteiger partial charge in [0.25, 0.3) is 0 Å². The summed E-state index contributed by atoms with van der Waals surface area (Å²) < 4.78 is 1.65. The van der Waals surface area contributed by atoms with Gasteiger partial charge < -0.3 is 14.7 Å². The summed E-state index contributed by atoms with van der Waals surface area (Å²) in [6, 6.07) is 8.03. The Morgan fingerprint density at radius 1 is 1.35 bits per heavy atom. The van der Waals surface area contributed by atoms with Gasteiger partial charge in [0.2, 0.25) is 0 Å². The highest BCUT2D eigenvalue weighted by molar-refractivity contribution is 5.96. The summed E-state index contributed by atoms with van der Waals surface area (Å²) in [6.07, 6.45) is 1.80. The summed E-state index contributed by atoms with van der Waals surface area (Å²) in [6.45, 7) is 3.75. The fourth-order valence-corrected chi connectivity index (χ4v) is 2.54. The van der Waals surface area contributed by atoms with Crippen LogP contribution in [0.3, 0.4) is 0 Å². The van der Waals surface area contributed by atoms with Gasteiger partial charge in [-0.05, 0) is 19.9 Å². The maximum Gasteiger partial charge on any atom is 0.323 e. The Labute approximate surface area is 115 Å². The van der Waals surface area contributed by atoms with Gasteiger partial charge in [-0.15, -0.1) is 0 Å². The zero-order chi connectivity index (χ0) is 14.3. The van der Waals surface area contributed by atoms with Gasteiger partial charge in [-0.2, -0.15) is 0 Å². The molecule has 0 aliphatic carbocycles. The van der Waals surface area contributed by atoms with E-state index >= 15 is 0 Å². The summed E-state index contributed by atoms with van der Waals surface area (Å²) in [5, 5.41) is 10.0. The Morgan fingerprint density at radius 2 is 2.10 bits per heavy atom. The van der Waals surface area contributed by atoms with E-state index in [0.717, 1.165) is 27.9 Å². The molecule has 3 rings (SSSR count). The van der Waals surface area contributed by atoms with Crippen LogP contribution in [0.1, 0.15) is 11.5 Å². The maximum atomic E-state index is 10.8. The fourth-order valence-electron chi connectivity index (χ4n) is 2.54. The quantitative estimate of drug-likeness (QED) is 0.768. The van der Waals surface area contributed by atoms with Crippen LogP contribution < -0.4 is 0 Å². The molecule has 3 aromatic rings. The molecule has 0 bridgehead atoms. The van der Waals surface area contributed by atoms with Gasteiger partial charge >= 0.3 is 5.97 Å². The summed E-state index contributed by atoms with van der Waals surface area (Å²) >= 11 is 0. The molecule has 0 aliphatic rings. The molecule has 0 spiro atoms. The Balaban J connectivity index is 2.16. The first-order valence-electron chi connectivity index (χ1n) is 6.39. The van der Waals surface area contributed by atoms with E-state index in [9.17, 15) is 4.79 Å². The summed E-state index contributed by atoms with van der Waals surface area (Å²) in [5.74, 6) is -0.167. The highest BCUT2D eigenvalue weighted by Crippen LogP contribution is 2.31. The zero-order valence-corrected chi connectivity index (χ0v) is 11.3. The number of imidazole rings is 1. The second kappa shape index (κ2) is 4.52. The number of hydrogen-bond acceptors (Lipinski definition) is 2. The SMILES string of the molecule is Cc1[nH]c2ccccc2c1-c1cn(CC(=O)O)c(C)n1. The van der Waals surface area contributed by atoms with Crippen molar-refractivity contribution in [2.45, 2.75) is 20.4 Å². The molecular weight excluding hydrogens is 254 g/mol. The fraction of sp³-hybridized carbons (Fsp3) is 0.200. The third kappa shape index (κ3) is 1.97. The number of carboxylic acids is 1. The van der Waals surface area contributed by atoms with Crippen LogP contribution in [0, 0.1) is 13.8 Å². The lowest BCUT2D eigenvalue weighted by Gasteiger charge is -1.98. The molecule has 0 atom stereocenters. The van der Waals surface area contributed by atoms with Gasteiger partial charge in [0.15, 0.2) is 0 Å². The number of aromatic nitrogens is 3. The second-order valence-corrected chi connectivity index (χ2v) is 4.87. The normalized spacial score (nSPS) is 11.1. The number of carboxylic acid groups (broad SMARTS) is 1. The van der Waals surface area contributed by atoms with E-state index in [1.807, 2.05) is 38.1 Å². The van der Waals surface area contributed by atoms with Gasteiger partial charge in [-0.25, -0.2) is 4.98 Å². The number of hydrogen-bond donors (Lipinski definition) is 2. The smallest absolute Gasteiger partial charge is 0.323 e. The van der Waals surface area contributed by atoms with Gasteiger partial charge in [0.05, 0.1) is 5.69 Å². The lowest BCUT2D eigenvalue weighted by atomic mass is 10.1. The first-order valence-corrected chi connectivity index (χ1v) is 6.39. The van der Waals surface area contributed by atoms with E-state index in [0.29, 0.717) is 5.82 Å². The molecule has 2 N–H and O–H groups in total. The van der Waals surface area contributed by atoms with Crippen LogP contribution in [0.5, 0.6) is 0 Å². The lowest BCUT2D eigenvalue weighted by Crippen LogP contribution is -2.08. The molecule has 5 nitrogen and oxygen atoms in total. The van der Waals surface area contributed by atoms with Crippen molar-refractivity contribution in [2.24, 2.45) is 0 Å². The van der Waals surface area contributed by atoms with Crippen LogP contribution in [-0.2, 0) is 11.3 Å². The molecule has 0 radical (unpaired) electrons. The van der Waals surface area contributed by atoms with Crippen LogP contribution in [0.2, 0.25) is 0 Å². The Kier molecular flexibility index (Phi) is 2.82. The largest absolute Gasteiger partial charge is 0.480 e. The molecule has 5 heteroatoms. The minimum atomic E-state index is -0.868. The van der Waals surface area contributed by atoms with E-state index in [4.69, 9.17) is 5.11 Å². The van der Waals surface area contributed by atoms with Gasteiger partial charge in [0, 0.05) is 28.4 Å². The van der Waals surface area contributed by atoms with Crippen LogP contribution in [0.25, 0.3) is 22.2 Å². The van der Waals surface area contributed by atoms with Crippen LogP contribution in [0.15, 0.2) is 30.5 Å². The number of fused-ring (bicyclic) bond motifs is 1. The monoisotopic (exact) mass is 269 g/mol. The van der Waals surface area contributed by atoms with Crippen molar-refractivity contribution in [3.05, 3.63) is 42.0 Å². The van der Waals surface area contributed by atoms with Gasteiger partial charge in [-0.1, -0.05) is 18.2 Å². The van der Waals surface area contributed by atoms with E-state index in [1.54, 1.807) is 10.8 Å². The van der Waals surface area contributed by atoms with Crippen molar-refractivity contribution >= 4 is 16.9 Å². The number of nitrogens with one attached hydrogen (secondary N) is 1. The molecule has 1 aromatic carbocycles. The Hall–Kier alpha value is -2.56. The first kappa shape index (κ1) is 12.5. The van der Waals surface area contributed by atoms with E-state index in [1.165, 1.54) is 0 Å². The van der Waals surface area contributed by atoms with Crippen LogP contribution >= 0.6 is 0 Å². The van der Waals surface area contributed by atoms with Crippen molar-refractivity contribution in [3.63, 3.8) is 0 Å². The van der Waals surface area contributed by atoms with Gasteiger partial charge in [0.1, 0.15) is 12.4 Å². The third-order valence-corrected chi connectivity index (χ3v) is 3.43. The molecule has 0 saturated carbocycles. The number of benzene rings is 1. The predicted molar refractivity (Wildman–Crippen MR) is 76.6 cm³/mol. The van der Waals surface area contributed by atoms with Crippen molar-refractivity contribution in [2.75, 3.05) is 0 Å². The predicted octanol–water partition coefficient (Wildman–Crippen LogP) is 2.73.